The maximum absolute atomic E-state index is 13.1. The third-order valence-corrected chi connectivity index (χ3v) is 5.77. The smallest absolute Gasteiger partial charge is 0.313 e. The summed E-state index contributed by atoms with van der Waals surface area (Å²) in [7, 11) is 0. The number of amides is 1. The summed E-state index contributed by atoms with van der Waals surface area (Å²) in [5.74, 6) is -1.08. The monoisotopic (exact) mass is 319 g/mol. The molecular weight excluding hydrogens is 294 g/mol. The summed E-state index contributed by atoms with van der Waals surface area (Å²) in [5, 5.41) is 0. The van der Waals surface area contributed by atoms with Crippen LogP contribution in [0.3, 0.4) is 0 Å². The Labute approximate surface area is 137 Å². The van der Waals surface area contributed by atoms with Gasteiger partial charge in [0.2, 0.25) is 5.91 Å². The fourth-order valence-electron chi connectivity index (χ4n) is 4.81. The number of rotatable bonds is 3. The first kappa shape index (κ1) is 15.2. The van der Waals surface area contributed by atoms with Gasteiger partial charge >= 0.3 is 5.97 Å². The molecule has 3 aliphatic heterocycles. The first-order valence-electron chi connectivity index (χ1n) is 8.90. The molecule has 4 aliphatic rings. The maximum Gasteiger partial charge on any atom is 0.313 e. The van der Waals surface area contributed by atoms with Crippen LogP contribution in [0.25, 0.3) is 0 Å². The Hall–Kier alpha value is -1.36. The Morgan fingerprint density at radius 1 is 1.35 bits per heavy atom. The van der Waals surface area contributed by atoms with Gasteiger partial charge in [-0.25, -0.2) is 0 Å². The molecule has 1 aliphatic carbocycles. The molecule has 1 amide bonds. The van der Waals surface area contributed by atoms with Crippen molar-refractivity contribution >= 4 is 11.9 Å². The van der Waals surface area contributed by atoms with Gasteiger partial charge in [-0.3, -0.25) is 9.59 Å². The van der Waals surface area contributed by atoms with E-state index in [1.165, 1.54) is 19.3 Å². The molecule has 1 saturated carbocycles. The lowest BCUT2D eigenvalue weighted by Gasteiger charge is -2.32. The van der Waals surface area contributed by atoms with Crippen molar-refractivity contribution in [2.75, 3.05) is 6.54 Å². The first-order chi connectivity index (χ1) is 11.0. The number of hydrogen-bond acceptors (Lipinski definition) is 4. The number of carbonyl (C=O) groups excluding carboxylic acids is 2. The maximum atomic E-state index is 13.1. The minimum absolute atomic E-state index is 0.0921. The van der Waals surface area contributed by atoms with Crippen LogP contribution in [0.15, 0.2) is 12.2 Å². The van der Waals surface area contributed by atoms with Crippen molar-refractivity contribution in [2.24, 2.45) is 11.8 Å². The van der Waals surface area contributed by atoms with Crippen LogP contribution in [0.2, 0.25) is 0 Å². The molecule has 126 valence electrons. The second-order valence-electron chi connectivity index (χ2n) is 7.64. The Morgan fingerprint density at radius 2 is 2.09 bits per heavy atom. The van der Waals surface area contributed by atoms with Gasteiger partial charge in [-0.1, -0.05) is 31.4 Å². The number of ether oxygens (including phenoxy) is 2. The minimum atomic E-state index is -0.597. The van der Waals surface area contributed by atoms with E-state index in [-0.39, 0.29) is 24.1 Å². The zero-order valence-corrected chi connectivity index (χ0v) is 13.9. The van der Waals surface area contributed by atoms with Crippen LogP contribution in [0, 0.1) is 11.8 Å². The average Bonchev–Trinajstić information content (AvgIpc) is 3.16. The van der Waals surface area contributed by atoms with E-state index in [2.05, 4.69) is 0 Å². The second-order valence-corrected chi connectivity index (χ2v) is 7.64. The van der Waals surface area contributed by atoms with E-state index < -0.39 is 17.4 Å². The van der Waals surface area contributed by atoms with Crippen molar-refractivity contribution in [1.82, 2.24) is 4.90 Å². The van der Waals surface area contributed by atoms with Crippen LogP contribution >= 0.6 is 0 Å². The molecule has 4 rings (SSSR count). The molecule has 2 bridgehead atoms. The third-order valence-electron chi connectivity index (χ3n) is 5.77. The molecule has 0 aromatic rings. The second kappa shape index (κ2) is 5.33. The van der Waals surface area contributed by atoms with Crippen LogP contribution < -0.4 is 0 Å². The van der Waals surface area contributed by atoms with Gasteiger partial charge in [-0.05, 0) is 26.7 Å². The van der Waals surface area contributed by atoms with Gasteiger partial charge in [0.1, 0.15) is 11.5 Å². The summed E-state index contributed by atoms with van der Waals surface area (Å²) in [6, 6.07) is 0.314. The first-order valence-corrected chi connectivity index (χ1v) is 8.90. The van der Waals surface area contributed by atoms with Crippen LogP contribution in [0.5, 0.6) is 0 Å². The fourth-order valence-corrected chi connectivity index (χ4v) is 4.81. The van der Waals surface area contributed by atoms with Crippen molar-refractivity contribution in [2.45, 2.75) is 69.8 Å². The van der Waals surface area contributed by atoms with Gasteiger partial charge in [0.05, 0.1) is 24.7 Å². The predicted molar refractivity (Wildman–Crippen MR) is 83.5 cm³/mol. The highest BCUT2D eigenvalue weighted by Gasteiger charge is 2.67. The Morgan fingerprint density at radius 3 is 2.78 bits per heavy atom. The topological polar surface area (TPSA) is 55.8 Å². The van der Waals surface area contributed by atoms with Gasteiger partial charge in [-0.2, -0.15) is 0 Å². The van der Waals surface area contributed by atoms with E-state index in [1.54, 1.807) is 0 Å². The van der Waals surface area contributed by atoms with E-state index in [0.29, 0.717) is 12.6 Å². The molecule has 0 aromatic heterocycles. The third kappa shape index (κ3) is 2.24. The summed E-state index contributed by atoms with van der Waals surface area (Å²) in [5.41, 5.74) is -0.597. The van der Waals surface area contributed by atoms with Crippen LogP contribution in [0.1, 0.15) is 46.0 Å². The molecule has 23 heavy (non-hydrogen) atoms. The van der Waals surface area contributed by atoms with Gasteiger partial charge in [0, 0.05) is 6.04 Å². The number of fused-ring (bicyclic) bond motifs is 1. The molecule has 0 unspecified atom stereocenters. The molecule has 1 spiro atoms. The van der Waals surface area contributed by atoms with Gasteiger partial charge < -0.3 is 14.4 Å². The zero-order chi connectivity index (χ0) is 16.2. The standard InChI is InChI=1S/C18H25NO4/c1-11(2)22-17(21)14-13-8-9-18(23-13)10-19(16(20)15(14)18)12-6-4-3-5-7-12/h8-9,11-15H,3-7,10H2,1-2H3/t13-,14+,15-,18+/m0/s1. The number of likely N-dealkylation sites (tertiary alicyclic amines) is 1. The Bertz CT molecular complexity index is 551. The lowest BCUT2D eigenvalue weighted by molar-refractivity contribution is -0.157. The highest BCUT2D eigenvalue weighted by Crippen LogP contribution is 2.53. The summed E-state index contributed by atoms with van der Waals surface area (Å²) < 4.78 is 11.5. The zero-order valence-electron chi connectivity index (χ0n) is 13.9. The SMILES string of the molecule is CC(C)OC(=O)[C@@H]1[C@@H]2C=C[C@]3(CN(C4CCCCC4)C(=O)[C@H]13)O2. The fraction of sp³-hybridized carbons (Fsp3) is 0.778. The molecule has 2 saturated heterocycles. The van der Waals surface area contributed by atoms with Gasteiger partial charge in [-0.15, -0.1) is 0 Å². The average molecular weight is 319 g/mol. The lowest BCUT2D eigenvalue weighted by Crippen LogP contribution is -2.42. The van der Waals surface area contributed by atoms with Crippen LogP contribution in [-0.4, -0.2) is 47.2 Å². The van der Waals surface area contributed by atoms with E-state index >= 15 is 0 Å². The van der Waals surface area contributed by atoms with Crippen molar-refractivity contribution in [3.63, 3.8) is 0 Å². The normalized spacial score (nSPS) is 39.3. The van der Waals surface area contributed by atoms with Crippen LogP contribution in [-0.2, 0) is 19.1 Å². The van der Waals surface area contributed by atoms with Crippen molar-refractivity contribution in [3.8, 4) is 0 Å². The van der Waals surface area contributed by atoms with Crippen LogP contribution in [0.4, 0.5) is 0 Å². The van der Waals surface area contributed by atoms with E-state index in [4.69, 9.17) is 9.47 Å². The minimum Gasteiger partial charge on any atom is -0.463 e. The summed E-state index contributed by atoms with van der Waals surface area (Å²) in [6.07, 6.45) is 9.26. The van der Waals surface area contributed by atoms with E-state index in [9.17, 15) is 9.59 Å². The quantitative estimate of drug-likeness (QED) is 0.590. The molecule has 0 radical (unpaired) electrons. The molecule has 5 heteroatoms. The molecule has 4 atom stereocenters. The predicted octanol–water partition coefficient (Wildman–Crippen LogP) is 2.05. The largest absolute Gasteiger partial charge is 0.463 e. The lowest BCUT2D eigenvalue weighted by atomic mass is 9.77. The van der Waals surface area contributed by atoms with E-state index in [0.717, 1.165) is 12.8 Å². The number of nitrogens with zero attached hydrogens (tertiary/aromatic N) is 1. The molecule has 3 fully saturated rings. The van der Waals surface area contributed by atoms with Crippen molar-refractivity contribution < 1.29 is 19.1 Å². The molecule has 3 heterocycles. The number of hydrogen-bond donors (Lipinski definition) is 0. The highest BCUT2D eigenvalue weighted by atomic mass is 16.6. The van der Waals surface area contributed by atoms with Gasteiger partial charge in [0.25, 0.3) is 0 Å². The van der Waals surface area contributed by atoms with Crippen molar-refractivity contribution in [1.29, 1.82) is 0 Å². The van der Waals surface area contributed by atoms with Gasteiger partial charge in [0.15, 0.2) is 0 Å². The van der Waals surface area contributed by atoms with Crippen molar-refractivity contribution in [3.05, 3.63) is 12.2 Å². The Kier molecular flexibility index (Phi) is 3.52. The summed E-state index contributed by atoms with van der Waals surface area (Å²) in [4.78, 5) is 27.6. The number of carbonyl (C=O) groups is 2. The molecule has 5 nitrogen and oxygen atoms in total. The number of esters is 1. The summed E-state index contributed by atoms with van der Waals surface area (Å²) >= 11 is 0. The molecular formula is C18H25NO4. The Balaban J connectivity index is 1.59. The molecule has 0 N–H and O–H groups in total. The van der Waals surface area contributed by atoms with E-state index in [1.807, 2.05) is 30.9 Å². The summed E-state index contributed by atoms with van der Waals surface area (Å²) in [6.45, 7) is 4.27. The molecule has 0 aromatic carbocycles. The highest BCUT2D eigenvalue weighted by molar-refractivity contribution is 5.91.